The van der Waals surface area contributed by atoms with Gasteiger partial charge in [-0.1, -0.05) is 11.6 Å². The Bertz CT molecular complexity index is 402. The van der Waals surface area contributed by atoms with E-state index in [2.05, 4.69) is 0 Å². The van der Waals surface area contributed by atoms with Gasteiger partial charge in [0.05, 0.1) is 5.56 Å². The molecule has 0 bridgehead atoms. The second kappa shape index (κ2) is 4.83. The fourth-order valence-corrected chi connectivity index (χ4v) is 2.10. The molecule has 1 heterocycles. The molecule has 1 saturated heterocycles. The van der Waals surface area contributed by atoms with Crippen LogP contribution < -0.4 is 0 Å². The molecule has 4 heteroatoms. The molecule has 2 nitrogen and oxygen atoms in total. The predicted octanol–water partition coefficient (Wildman–Crippen LogP) is 3.11. The fourth-order valence-electron chi connectivity index (χ4n) is 1.93. The van der Waals surface area contributed by atoms with E-state index in [1.165, 1.54) is 18.2 Å². The van der Waals surface area contributed by atoms with Crippen molar-refractivity contribution in [2.45, 2.75) is 19.3 Å². The van der Waals surface area contributed by atoms with Crippen LogP contribution in [0.4, 0.5) is 4.39 Å². The van der Waals surface area contributed by atoms with E-state index in [1.807, 2.05) is 0 Å². The van der Waals surface area contributed by atoms with Gasteiger partial charge in [-0.3, -0.25) is 4.79 Å². The van der Waals surface area contributed by atoms with Crippen LogP contribution in [0, 0.1) is 5.82 Å². The minimum Gasteiger partial charge on any atom is -0.339 e. The molecule has 1 aliphatic rings. The lowest BCUT2D eigenvalue weighted by Crippen LogP contribution is -2.36. The molecule has 0 radical (unpaired) electrons. The topological polar surface area (TPSA) is 20.3 Å². The number of hydrogen-bond acceptors (Lipinski definition) is 1. The van der Waals surface area contributed by atoms with E-state index in [4.69, 9.17) is 11.6 Å². The average Bonchev–Trinajstić information content (AvgIpc) is 2.32. The summed E-state index contributed by atoms with van der Waals surface area (Å²) in [5, 5.41) is 0.391. The molecule has 0 saturated carbocycles. The predicted molar refractivity (Wildman–Crippen MR) is 61.2 cm³/mol. The van der Waals surface area contributed by atoms with Crippen molar-refractivity contribution in [3.63, 3.8) is 0 Å². The van der Waals surface area contributed by atoms with Crippen molar-refractivity contribution in [3.8, 4) is 0 Å². The van der Waals surface area contributed by atoms with Crippen molar-refractivity contribution >= 4 is 17.5 Å². The number of amides is 1. The number of nitrogens with zero attached hydrogens (tertiary/aromatic N) is 1. The zero-order valence-corrected chi connectivity index (χ0v) is 9.63. The third-order valence-electron chi connectivity index (χ3n) is 2.80. The molecule has 2 rings (SSSR count). The third kappa shape index (κ3) is 2.35. The van der Waals surface area contributed by atoms with E-state index in [-0.39, 0.29) is 11.5 Å². The van der Waals surface area contributed by atoms with E-state index < -0.39 is 5.82 Å². The molecule has 86 valence electrons. The lowest BCUT2D eigenvalue weighted by atomic mass is 10.1. The van der Waals surface area contributed by atoms with Gasteiger partial charge in [-0.25, -0.2) is 4.39 Å². The standard InChI is InChI=1S/C12H13ClFNO/c13-9-4-5-11(14)10(8-9)12(16)15-6-2-1-3-7-15/h4-5,8H,1-3,6-7H2. The van der Waals surface area contributed by atoms with E-state index in [0.29, 0.717) is 18.1 Å². The molecule has 0 N–H and O–H groups in total. The zero-order valence-electron chi connectivity index (χ0n) is 8.88. The summed E-state index contributed by atoms with van der Waals surface area (Å²) in [6.07, 6.45) is 3.13. The van der Waals surface area contributed by atoms with Gasteiger partial charge in [0.25, 0.3) is 5.91 Å². The van der Waals surface area contributed by atoms with Gasteiger partial charge < -0.3 is 4.90 Å². The van der Waals surface area contributed by atoms with Gasteiger partial charge in [0.2, 0.25) is 0 Å². The molecule has 1 aromatic carbocycles. The van der Waals surface area contributed by atoms with Crippen molar-refractivity contribution in [2.24, 2.45) is 0 Å². The number of piperidine rings is 1. The molecule has 0 spiro atoms. The van der Waals surface area contributed by atoms with Gasteiger partial charge in [0, 0.05) is 18.1 Å². The maximum atomic E-state index is 13.5. The molecule has 0 aliphatic carbocycles. The van der Waals surface area contributed by atoms with Crippen LogP contribution in [0.5, 0.6) is 0 Å². The minimum atomic E-state index is -0.500. The number of halogens is 2. The highest BCUT2D eigenvalue weighted by molar-refractivity contribution is 6.30. The molecule has 0 aromatic heterocycles. The summed E-state index contributed by atoms with van der Waals surface area (Å²) in [7, 11) is 0. The van der Waals surface area contributed by atoms with Crippen molar-refractivity contribution < 1.29 is 9.18 Å². The minimum absolute atomic E-state index is 0.0781. The number of rotatable bonds is 1. The van der Waals surface area contributed by atoms with Crippen LogP contribution >= 0.6 is 11.6 Å². The highest BCUT2D eigenvalue weighted by Gasteiger charge is 2.21. The molecule has 1 aromatic rings. The van der Waals surface area contributed by atoms with Crippen LogP contribution in [-0.4, -0.2) is 23.9 Å². The number of benzene rings is 1. The van der Waals surface area contributed by atoms with Gasteiger partial charge in [-0.15, -0.1) is 0 Å². The second-order valence-electron chi connectivity index (χ2n) is 3.98. The molecule has 16 heavy (non-hydrogen) atoms. The molecule has 1 amide bonds. The Morgan fingerprint density at radius 3 is 2.62 bits per heavy atom. The van der Waals surface area contributed by atoms with E-state index in [0.717, 1.165) is 19.3 Å². The summed E-state index contributed by atoms with van der Waals surface area (Å²) < 4.78 is 13.5. The molecule has 1 fully saturated rings. The summed E-state index contributed by atoms with van der Waals surface area (Å²) in [5.41, 5.74) is 0.0781. The fraction of sp³-hybridized carbons (Fsp3) is 0.417. The number of carbonyl (C=O) groups excluding carboxylic acids is 1. The quantitative estimate of drug-likeness (QED) is 0.740. The Morgan fingerprint density at radius 1 is 1.25 bits per heavy atom. The molecular formula is C12H13ClFNO. The molecular weight excluding hydrogens is 229 g/mol. The van der Waals surface area contributed by atoms with Crippen molar-refractivity contribution in [1.29, 1.82) is 0 Å². The van der Waals surface area contributed by atoms with E-state index >= 15 is 0 Å². The lowest BCUT2D eigenvalue weighted by molar-refractivity contribution is 0.0719. The Hall–Kier alpha value is -1.09. The van der Waals surface area contributed by atoms with Gasteiger partial charge in [0.15, 0.2) is 0 Å². The maximum absolute atomic E-state index is 13.5. The van der Waals surface area contributed by atoms with Crippen LogP contribution in [0.3, 0.4) is 0 Å². The van der Waals surface area contributed by atoms with Crippen LogP contribution in [0.15, 0.2) is 18.2 Å². The van der Waals surface area contributed by atoms with Crippen LogP contribution in [0.2, 0.25) is 5.02 Å². The highest BCUT2D eigenvalue weighted by atomic mass is 35.5. The van der Waals surface area contributed by atoms with Gasteiger partial charge in [0.1, 0.15) is 5.82 Å². The largest absolute Gasteiger partial charge is 0.339 e. The van der Waals surface area contributed by atoms with Gasteiger partial charge in [-0.2, -0.15) is 0 Å². The van der Waals surface area contributed by atoms with Crippen molar-refractivity contribution in [2.75, 3.05) is 13.1 Å². The molecule has 0 atom stereocenters. The number of carbonyl (C=O) groups is 1. The maximum Gasteiger partial charge on any atom is 0.256 e. The summed E-state index contributed by atoms with van der Waals surface area (Å²) in [6.45, 7) is 1.43. The van der Waals surface area contributed by atoms with Crippen LogP contribution in [0.1, 0.15) is 29.6 Å². The normalized spacial score (nSPS) is 16.2. The van der Waals surface area contributed by atoms with Crippen molar-refractivity contribution in [3.05, 3.63) is 34.6 Å². The zero-order chi connectivity index (χ0) is 11.5. The average molecular weight is 242 g/mol. The third-order valence-corrected chi connectivity index (χ3v) is 3.04. The first-order chi connectivity index (χ1) is 7.68. The smallest absolute Gasteiger partial charge is 0.256 e. The van der Waals surface area contributed by atoms with Crippen LogP contribution in [0.25, 0.3) is 0 Å². The SMILES string of the molecule is O=C(c1cc(Cl)ccc1F)N1CCCCC1. The Labute approximate surface area is 99.0 Å². The van der Waals surface area contributed by atoms with Crippen molar-refractivity contribution in [1.82, 2.24) is 4.90 Å². The van der Waals surface area contributed by atoms with Gasteiger partial charge in [-0.05, 0) is 37.5 Å². The first-order valence-electron chi connectivity index (χ1n) is 5.43. The summed E-state index contributed by atoms with van der Waals surface area (Å²) >= 11 is 5.76. The highest BCUT2D eigenvalue weighted by Crippen LogP contribution is 2.19. The lowest BCUT2D eigenvalue weighted by Gasteiger charge is -2.26. The van der Waals surface area contributed by atoms with Crippen LogP contribution in [-0.2, 0) is 0 Å². The van der Waals surface area contributed by atoms with Gasteiger partial charge >= 0.3 is 0 Å². The molecule has 1 aliphatic heterocycles. The molecule has 0 unspecified atom stereocenters. The number of likely N-dealkylation sites (tertiary alicyclic amines) is 1. The summed E-state index contributed by atoms with van der Waals surface area (Å²) in [4.78, 5) is 13.7. The first kappa shape index (κ1) is 11.4. The van der Waals surface area contributed by atoms with E-state index in [1.54, 1.807) is 4.90 Å². The Morgan fingerprint density at radius 2 is 1.94 bits per heavy atom. The van der Waals surface area contributed by atoms with E-state index in [9.17, 15) is 9.18 Å². The monoisotopic (exact) mass is 241 g/mol. The Balaban J connectivity index is 2.22. The Kier molecular flexibility index (Phi) is 3.44. The summed E-state index contributed by atoms with van der Waals surface area (Å²) in [5.74, 6) is -0.750. The first-order valence-corrected chi connectivity index (χ1v) is 5.80. The summed E-state index contributed by atoms with van der Waals surface area (Å²) in [6, 6.07) is 4.08. The second-order valence-corrected chi connectivity index (χ2v) is 4.41. The number of hydrogen-bond donors (Lipinski definition) is 0.